The summed E-state index contributed by atoms with van der Waals surface area (Å²) in [5.41, 5.74) is 1.82. The Morgan fingerprint density at radius 2 is 2.07 bits per heavy atom. The topological polar surface area (TPSA) is 49.3 Å². The average Bonchev–Trinajstić information content (AvgIpc) is 2.22. The first-order chi connectivity index (χ1) is 7.26. The zero-order valence-corrected chi connectivity index (χ0v) is 8.73. The number of hydrogen-bond acceptors (Lipinski definition) is 2. The van der Waals surface area contributed by atoms with Crippen LogP contribution in [0.4, 0.5) is 5.69 Å². The van der Waals surface area contributed by atoms with Gasteiger partial charge in [0.05, 0.1) is 0 Å². The summed E-state index contributed by atoms with van der Waals surface area (Å²) in [4.78, 5) is 11.2. The minimum atomic E-state index is -0.132. The van der Waals surface area contributed by atoms with Crippen molar-refractivity contribution in [2.75, 3.05) is 11.9 Å². The van der Waals surface area contributed by atoms with Crippen LogP contribution in [0, 0.1) is 0 Å². The Bertz CT molecular complexity index is 341. The van der Waals surface area contributed by atoms with Gasteiger partial charge in [0.1, 0.15) is 0 Å². The highest BCUT2D eigenvalue weighted by Gasteiger charge is 1.97. The van der Waals surface area contributed by atoms with E-state index < -0.39 is 0 Å². The third-order valence-corrected chi connectivity index (χ3v) is 1.94. The summed E-state index contributed by atoms with van der Waals surface area (Å²) in [5, 5.41) is 11.4. The molecular formula is C12H15NO2. The van der Waals surface area contributed by atoms with Crippen LogP contribution < -0.4 is 5.32 Å². The fourth-order valence-corrected chi connectivity index (χ4v) is 1.22. The second kappa shape index (κ2) is 5.98. The molecule has 0 radical (unpaired) electrons. The second-order valence-electron chi connectivity index (χ2n) is 3.16. The van der Waals surface area contributed by atoms with Crippen LogP contribution in [0.15, 0.2) is 36.4 Å². The van der Waals surface area contributed by atoms with Crippen LogP contribution in [0.5, 0.6) is 0 Å². The number of amides is 1. The van der Waals surface area contributed by atoms with Gasteiger partial charge in [0.25, 0.3) is 0 Å². The van der Waals surface area contributed by atoms with E-state index in [-0.39, 0.29) is 12.5 Å². The van der Waals surface area contributed by atoms with Crippen LogP contribution in [0.2, 0.25) is 0 Å². The molecule has 0 spiro atoms. The van der Waals surface area contributed by atoms with Crippen molar-refractivity contribution in [1.29, 1.82) is 0 Å². The van der Waals surface area contributed by atoms with Crippen LogP contribution in [-0.4, -0.2) is 17.6 Å². The molecule has 3 nitrogen and oxygen atoms in total. The lowest BCUT2D eigenvalue weighted by Gasteiger charge is -2.03. The van der Waals surface area contributed by atoms with Gasteiger partial charge in [-0.25, -0.2) is 0 Å². The summed E-state index contributed by atoms with van der Waals surface area (Å²) >= 11 is 0. The normalized spacial score (nSPS) is 10.5. The summed E-state index contributed by atoms with van der Waals surface area (Å²) in [6, 6.07) is 7.43. The molecule has 15 heavy (non-hydrogen) atoms. The van der Waals surface area contributed by atoms with Crippen LogP contribution in [-0.2, 0) is 11.2 Å². The largest absolute Gasteiger partial charge is 0.396 e. The van der Waals surface area contributed by atoms with Crippen molar-refractivity contribution in [3.8, 4) is 0 Å². The zero-order chi connectivity index (χ0) is 11.1. The van der Waals surface area contributed by atoms with Gasteiger partial charge >= 0.3 is 0 Å². The van der Waals surface area contributed by atoms with E-state index in [0.717, 1.165) is 11.3 Å². The fourth-order valence-electron chi connectivity index (χ4n) is 1.22. The first-order valence-electron chi connectivity index (χ1n) is 4.89. The summed E-state index contributed by atoms with van der Waals surface area (Å²) in [5.74, 6) is -0.132. The van der Waals surface area contributed by atoms with Crippen molar-refractivity contribution in [3.63, 3.8) is 0 Å². The molecule has 0 aliphatic rings. The first kappa shape index (κ1) is 11.5. The minimum Gasteiger partial charge on any atom is -0.396 e. The van der Waals surface area contributed by atoms with Crippen molar-refractivity contribution in [2.24, 2.45) is 0 Å². The molecule has 1 amide bonds. The first-order valence-corrected chi connectivity index (χ1v) is 4.89. The molecule has 0 heterocycles. The van der Waals surface area contributed by atoms with E-state index in [1.807, 2.05) is 24.3 Å². The van der Waals surface area contributed by atoms with Gasteiger partial charge in [-0.05, 0) is 37.1 Å². The molecule has 0 aromatic heterocycles. The molecule has 0 fully saturated rings. The van der Waals surface area contributed by atoms with Gasteiger partial charge in [-0.3, -0.25) is 4.79 Å². The molecular weight excluding hydrogens is 190 g/mol. The third kappa shape index (κ3) is 3.95. The van der Waals surface area contributed by atoms with Crippen LogP contribution in [0.25, 0.3) is 0 Å². The molecule has 0 aliphatic carbocycles. The van der Waals surface area contributed by atoms with Crippen molar-refractivity contribution in [1.82, 2.24) is 0 Å². The molecule has 0 saturated carbocycles. The number of rotatable bonds is 4. The van der Waals surface area contributed by atoms with Gasteiger partial charge < -0.3 is 10.4 Å². The Morgan fingerprint density at radius 3 is 2.60 bits per heavy atom. The van der Waals surface area contributed by atoms with E-state index in [0.29, 0.717) is 6.42 Å². The maximum absolute atomic E-state index is 11.2. The monoisotopic (exact) mass is 205 g/mol. The lowest BCUT2D eigenvalue weighted by molar-refractivity contribution is -0.111. The number of anilines is 1. The van der Waals surface area contributed by atoms with Crippen LogP contribution >= 0.6 is 0 Å². The van der Waals surface area contributed by atoms with Gasteiger partial charge in [0.15, 0.2) is 0 Å². The standard InChI is InChI=1S/C12H15NO2/c1-2-3-12(15)13-11-6-4-10(5-7-11)8-9-14/h2-7,14H,8-9H2,1H3,(H,13,15)/b3-2+. The lowest BCUT2D eigenvalue weighted by Crippen LogP contribution is -2.07. The molecule has 1 aromatic rings. The third-order valence-electron chi connectivity index (χ3n) is 1.94. The molecule has 0 aliphatic heterocycles. The molecule has 1 rings (SSSR count). The highest BCUT2D eigenvalue weighted by molar-refractivity contribution is 5.99. The number of hydrogen-bond donors (Lipinski definition) is 2. The van der Waals surface area contributed by atoms with Gasteiger partial charge in [-0.15, -0.1) is 0 Å². The summed E-state index contributed by atoms with van der Waals surface area (Å²) < 4.78 is 0. The van der Waals surface area contributed by atoms with Gasteiger partial charge in [-0.2, -0.15) is 0 Å². The van der Waals surface area contributed by atoms with Crippen molar-refractivity contribution >= 4 is 11.6 Å². The van der Waals surface area contributed by atoms with Gasteiger partial charge in [0.2, 0.25) is 5.91 Å². The van der Waals surface area contributed by atoms with E-state index in [9.17, 15) is 4.79 Å². The van der Waals surface area contributed by atoms with E-state index in [1.165, 1.54) is 6.08 Å². The van der Waals surface area contributed by atoms with E-state index in [2.05, 4.69) is 5.32 Å². The smallest absolute Gasteiger partial charge is 0.248 e. The molecule has 2 N–H and O–H groups in total. The van der Waals surface area contributed by atoms with E-state index >= 15 is 0 Å². The molecule has 3 heteroatoms. The molecule has 80 valence electrons. The minimum absolute atomic E-state index is 0.132. The maximum atomic E-state index is 11.2. The number of aliphatic hydroxyl groups is 1. The maximum Gasteiger partial charge on any atom is 0.248 e. The molecule has 0 bridgehead atoms. The number of allylic oxidation sites excluding steroid dienone is 1. The molecule has 0 saturated heterocycles. The number of carbonyl (C=O) groups is 1. The van der Waals surface area contributed by atoms with Gasteiger partial charge in [0, 0.05) is 12.3 Å². The molecule has 0 unspecified atom stereocenters. The zero-order valence-electron chi connectivity index (χ0n) is 8.73. The lowest BCUT2D eigenvalue weighted by atomic mass is 10.1. The predicted molar refractivity (Wildman–Crippen MR) is 60.7 cm³/mol. The quantitative estimate of drug-likeness (QED) is 0.735. The van der Waals surface area contributed by atoms with Gasteiger partial charge in [-0.1, -0.05) is 18.2 Å². The predicted octanol–water partition coefficient (Wildman–Crippen LogP) is 1.74. The summed E-state index contributed by atoms with van der Waals surface area (Å²) in [6.45, 7) is 1.94. The number of nitrogens with one attached hydrogen (secondary N) is 1. The Labute approximate surface area is 89.4 Å². The SMILES string of the molecule is C/C=C/C(=O)Nc1ccc(CCO)cc1. The average molecular weight is 205 g/mol. The highest BCUT2D eigenvalue weighted by Crippen LogP contribution is 2.09. The summed E-state index contributed by atoms with van der Waals surface area (Å²) in [6.07, 6.45) is 3.81. The van der Waals surface area contributed by atoms with E-state index in [4.69, 9.17) is 5.11 Å². The molecule has 1 aromatic carbocycles. The Morgan fingerprint density at radius 1 is 1.40 bits per heavy atom. The summed E-state index contributed by atoms with van der Waals surface area (Å²) in [7, 11) is 0. The number of aliphatic hydroxyl groups excluding tert-OH is 1. The Hall–Kier alpha value is -1.61. The number of carbonyl (C=O) groups excluding carboxylic acids is 1. The van der Waals surface area contributed by atoms with Crippen molar-refractivity contribution in [3.05, 3.63) is 42.0 Å². The Balaban J connectivity index is 2.60. The number of benzene rings is 1. The second-order valence-corrected chi connectivity index (χ2v) is 3.16. The molecule has 0 atom stereocenters. The van der Waals surface area contributed by atoms with Crippen molar-refractivity contribution < 1.29 is 9.90 Å². The Kier molecular flexibility index (Phi) is 4.57. The van der Waals surface area contributed by atoms with Crippen LogP contribution in [0.1, 0.15) is 12.5 Å². The van der Waals surface area contributed by atoms with E-state index in [1.54, 1.807) is 13.0 Å². The fraction of sp³-hybridized carbons (Fsp3) is 0.250. The van der Waals surface area contributed by atoms with Crippen molar-refractivity contribution in [2.45, 2.75) is 13.3 Å². The van der Waals surface area contributed by atoms with Crippen LogP contribution in [0.3, 0.4) is 0 Å². The highest BCUT2D eigenvalue weighted by atomic mass is 16.2.